The number of aromatic nitrogens is 2. The number of anilines is 3. The third-order valence-corrected chi connectivity index (χ3v) is 5.54. The molecule has 2 aliphatic heterocycles. The lowest BCUT2D eigenvalue weighted by Gasteiger charge is -2.18. The summed E-state index contributed by atoms with van der Waals surface area (Å²) in [6.07, 6.45) is 4.01. The fourth-order valence-electron chi connectivity index (χ4n) is 3.75. The Balaban J connectivity index is 1.47. The quantitative estimate of drug-likeness (QED) is 0.514. The number of aliphatic hydroxyl groups is 1. The molecule has 2 aromatic rings. The van der Waals surface area contributed by atoms with Crippen LogP contribution in [0, 0.1) is 18.3 Å². The molecule has 2 fully saturated rings. The molecule has 0 bridgehead atoms. The van der Waals surface area contributed by atoms with Gasteiger partial charge in [0.1, 0.15) is 17.7 Å². The average Bonchev–Trinajstić information content (AvgIpc) is 3.37. The second-order valence-corrected chi connectivity index (χ2v) is 7.75. The Kier molecular flexibility index (Phi) is 5.54. The number of nitrogens with one attached hydrogen (secondary N) is 3. The van der Waals surface area contributed by atoms with Gasteiger partial charge in [-0.05, 0) is 37.6 Å². The Morgan fingerprint density at radius 3 is 2.87 bits per heavy atom. The number of carbonyl (C=O) groups excluding carboxylic acids is 2. The van der Waals surface area contributed by atoms with Crippen molar-refractivity contribution < 1.29 is 14.7 Å². The molecule has 0 spiro atoms. The SMILES string of the molecule is Cc1cc(Nc2cc(N3CC[C@](O)(C#N)C3=O)ccn2)ncc1C(=O)NC1CCNC1. The topological polar surface area (TPSA) is 143 Å². The van der Waals surface area contributed by atoms with Crippen molar-refractivity contribution in [1.29, 1.82) is 5.26 Å². The lowest BCUT2D eigenvalue weighted by atomic mass is 10.1. The number of aryl methyl sites for hydroxylation is 1. The van der Waals surface area contributed by atoms with Gasteiger partial charge in [-0.1, -0.05) is 0 Å². The summed E-state index contributed by atoms with van der Waals surface area (Å²) in [6.45, 7) is 3.75. The molecule has 2 amide bonds. The van der Waals surface area contributed by atoms with Gasteiger partial charge in [0.15, 0.2) is 0 Å². The minimum absolute atomic E-state index is 0.0502. The van der Waals surface area contributed by atoms with E-state index in [1.54, 1.807) is 24.3 Å². The van der Waals surface area contributed by atoms with E-state index in [1.807, 2.05) is 6.92 Å². The second-order valence-electron chi connectivity index (χ2n) is 7.75. The maximum Gasteiger partial charge on any atom is 0.273 e. The van der Waals surface area contributed by atoms with Crippen molar-refractivity contribution in [2.24, 2.45) is 0 Å². The third-order valence-electron chi connectivity index (χ3n) is 5.54. The molecule has 1 unspecified atom stereocenters. The van der Waals surface area contributed by atoms with E-state index in [0.29, 0.717) is 22.9 Å². The van der Waals surface area contributed by atoms with Crippen molar-refractivity contribution in [3.8, 4) is 6.07 Å². The van der Waals surface area contributed by atoms with Crippen LogP contribution in [0.3, 0.4) is 0 Å². The minimum atomic E-state index is -1.99. The summed E-state index contributed by atoms with van der Waals surface area (Å²) in [5.74, 6) is 0.151. The summed E-state index contributed by atoms with van der Waals surface area (Å²) in [5, 5.41) is 28.4. The van der Waals surface area contributed by atoms with Gasteiger partial charge in [-0.3, -0.25) is 9.59 Å². The summed E-state index contributed by atoms with van der Waals surface area (Å²) in [7, 11) is 0. The van der Waals surface area contributed by atoms with Crippen LogP contribution in [0.4, 0.5) is 17.3 Å². The van der Waals surface area contributed by atoms with Crippen LogP contribution < -0.4 is 20.9 Å². The van der Waals surface area contributed by atoms with Gasteiger partial charge in [0.05, 0.1) is 5.56 Å². The van der Waals surface area contributed by atoms with Gasteiger partial charge in [0.2, 0.25) is 5.60 Å². The molecule has 2 atom stereocenters. The van der Waals surface area contributed by atoms with Crippen LogP contribution in [0.15, 0.2) is 30.6 Å². The molecule has 0 aromatic carbocycles. The van der Waals surface area contributed by atoms with Crippen LogP contribution in [-0.2, 0) is 4.79 Å². The summed E-state index contributed by atoms with van der Waals surface area (Å²) in [6, 6.07) is 6.84. The Morgan fingerprint density at radius 2 is 2.19 bits per heavy atom. The van der Waals surface area contributed by atoms with Gasteiger partial charge in [-0.2, -0.15) is 5.26 Å². The zero-order chi connectivity index (χ0) is 22.0. The van der Waals surface area contributed by atoms with E-state index in [4.69, 9.17) is 5.26 Å². The van der Waals surface area contributed by atoms with Crippen molar-refractivity contribution in [2.45, 2.75) is 31.4 Å². The number of carbonyl (C=O) groups is 2. The predicted octanol–water partition coefficient (Wildman–Crippen LogP) is 0.612. The van der Waals surface area contributed by atoms with Gasteiger partial charge in [0.25, 0.3) is 11.8 Å². The van der Waals surface area contributed by atoms with Crippen molar-refractivity contribution in [3.63, 3.8) is 0 Å². The Bertz CT molecular complexity index is 1060. The first-order chi connectivity index (χ1) is 14.9. The van der Waals surface area contributed by atoms with Gasteiger partial charge < -0.3 is 26.0 Å². The lowest BCUT2D eigenvalue weighted by Crippen LogP contribution is -2.38. The van der Waals surface area contributed by atoms with E-state index >= 15 is 0 Å². The highest BCUT2D eigenvalue weighted by Gasteiger charge is 2.46. The van der Waals surface area contributed by atoms with Crippen molar-refractivity contribution in [2.75, 3.05) is 29.9 Å². The zero-order valence-corrected chi connectivity index (χ0v) is 17.1. The number of hydrogen-bond acceptors (Lipinski definition) is 8. The van der Waals surface area contributed by atoms with Gasteiger partial charge in [-0.25, -0.2) is 9.97 Å². The second kappa shape index (κ2) is 8.29. The van der Waals surface area contributed by atoms with E-state index in [9.17, 15) is 14.7 Å². The molecule has 31 heavy (non-hydrogen) atoms. The minimum Gasteiger partial charge on any atom is -0.368 e. The summed E-state index contributed by atoms with van der Waals surface area (Å²) < 4.78 is 0. The summed E-state index contributed by atoms with van der Waals surface area (Å²) >= 11 is 0. The van der Waals surface area contributed by atoms with E-state index < -0.39 is 11.5 Å². The number of nitrogens with zero attached hydrogens (tertiary/aromatic N) is 4. The highest BCUT2D eigenvalue weighted by atomic mass is 16.3. The maximum atomic E-state index is 12.5. The van der Waals surface area contributed by atoms with Crippen molar-refractivity contribution in [3.05, 3.63) is 41.7 Å². The molecule has 0 saturated carbocycles. The number of nitriles is 1. The van der Waals surface area contributed by atoms with Gasteiger partial charge in [-0.15, -0.1) is 0 Å². The fraction of sp³-hybridized carbons (Fsp3) is 0.381. The smallest absolute Gasteiger partial charge is 0.273 e. The molecule has 2 aromatic heterocycles. The third kappa shape index (κ3) is 4.19. The first kappa shape index (κ1) is 20.7. The molecule has 0 radical (unpaired) electrons. The largest absolute Gasteiger partial charge is 0.368 e. The standard InChI is InChI=1S/C21H23N7O3/c1-13-8-17(25-11-16(13)19(29)26-14-2-5-23-10-14)27-18-9-15(3-6-24-18)28-7-4-21(31,12-22)20(28)30/h3,6,8-9,11,14,23,31H,2,4-5,7,10H2,1H3,(H,26,29)(H,24,25,27)/t14?,21-/m0/s1. The molecule has 4 N–H and O–H groups in total. The summed E-state index contributed by atoms with van der Waals surface area (Å²) in [4.78, 5) is 34.8. The summed E-state index contributed by atoms with van der Waals surface area (Å²) in [5.41, 5.74) is -0.185. The van der Waals surface area contributed by atoms with E-state index in [1.165, 1.54) is 17.3 Å². The van der Waals surface area contributed by atoms with Crippen LogP contribution in [-0.4, -0.2) is 58.2 Å². The molecule has 4 heterocycles. The van der Waals surface area contributed by atoms with Gasteiger partial charge >= 0.3 is 0 Å². The number of pyridine rings is 2. The number of amides is 2. The van der Waals surface area contributed by atoms with Crippen molar-refractivity contribution in [1.82, 2.24) is 20.6 Å². The molecular formula is C21H23N7O3. The van der Waals surface area contributed by atoms with E-state index in [0.717, 1.165) is 25.1 Å². The monoisotopic (exact) mass is 421 g/mol. The molecule has 4 rings (SSSR count). The van der Waals surface area contributed by atoms with Crippen LogP contribution >= 0.6 is 0 Å². The van der Waals surface area contributed by atoms with Crippen molar-refractivity contribution >= 4 is 29.1 Å². The first-order valence-electron chi connectivity index (χ1n) is 10.1. The lowest BCUT2D eigenvalue weighted by molar-refractivity contribution is -0.128. The Labute approximate surface area is 179 Å². The first-order valence-corrected chi connectivity index (χ1v) is 10.1. The van der Waals surface area contributed by atoms with Crippen LogP contribution in [0.1, 0.15) is 28.8 Å². The molecule has 10 nitrogen and oxygen atoms in total. The molecule has 10 heteroatoms. The maximum absolute atomic E-state index is 12.5. The zero-order valence-electron chi connectivity index (χ0n) is 17.1. The predicted molar refractivity (Wildman–Crippen MR) is 113 cm³/mol. The molecule has 2 aliphatic rings. The van der Waals surface area contributed by atoms with E-state index in [-0.39, 0.29) is 24.9 Å². The highest BCUT2D eigenvalue weighted by Crippen LogP contribution is 2.29. The average molecular weight is 421 g/mol. The fourth-order valence-corrected chi connectivity index (χ4v) is 3.75. The highest BCUT2D eigenvalue weighted by molar-refractivity contribution is 6.03. The normalized spacial score (nSPS) is 22.9. The number of rotatable bonds is 5. The van der Waals surface area contributed by atoms with Crippen LogP contribution in [0.25, 0.3) is 0 Å². The van der Waals surface area contributed by atoms with Crippen LogP contribution in [0.2, 0.25) is 0 Å². The Hall–Kier alpha value is -3.55. The van der Waals surface area contributed by atoms with E-state index in [2.05, 4.69) is 25.9 Å². The molecule has 160 valence electrons. The van der Waals surface area contributed by atoms with Gasteiger partial charge in [0, 0.05) is 49.7 Å². The molecule has 2 saturated heterocycles. The molecular weight excluding hydrogens is 398 g/mol. The molecule has 0 aliphatic carbocycles. The Morgan fingerprint density at radius 1 is 1.39 bits per heavy atom. The van der Waals surface area contributed by atoms with Crippen LogP contribution in [0.5, 0.6) is 0 Å². The number of hydrogen-bond donors (Lipinski definition) is 4.